The second kappa shape index (κ2) is 5.53. The highest BCUT2D eigenvalue weighted by Crippen LogP contribution is 2.34. The van der Waals surface area contributed by atoms with Gasteiger partial charge in [0.15, 0.2) is 0 Å². The van der Waals surface area contributed by atoms with Crippen LogP contribution in [0.5, 0.6) is 0 Å². The third kappa shape index (κ3) is 2.71. The SMILES string of the molecule is Cn1ccc(C(=O)N2CCC[C@](C)(c3[nH]ncc3C(N)=O)C2)n1. The van der Waals surface area contributed by atoms with Crippen LogP contribution in [0.15, 0.2) is 18.5 Å². The van der Waals surface area contributed by atoms with Gasteiger partial charge < -0.3 is 10.6 Å². The Kier molecular flexibility index (Phi) is 3.67. The Labute approximate surface area is 133 Å². The van der Waals surface area contributed by atoms with Crippen LogP contribution in [0.4, 0.5) is 0 Å². The van der Waals surface area contributed by atoms with Crippen molar-refractivity contribution in [3.8, 4) is 0 Å². The minimum absolute atomic E-state index is 0.100. The number of hydrogen-bond donors (Lipinski definition) is 2. The van der Waals surface area contributed by atoms with Crippen molar-refractivity contribution in [2.24, 2.45) is 12.8 Å². The number of aromatic amines is 1. The highest BCUT2D eigenvalue weighted by molar-refractivity contribution is 5.94. The van der Waals surface area contributed by atoms with Gasteiger partial charge >= 0.3 is 0 Å². The Morgan fingerprint density at radius 1 is 1.43 bits per heavy atom. The van der Waals surface area contributed by atoms with E-state index in [1.807, 2.05) is 6.92 Å². The zero-order valence-electron chi connectivity index (χ0n) is 13.2. The number of primary amides is 1. The molecule has 1 aliphatic rings. The Morgan fingerprint density at radius 3 is 2.87 bits per heavy atom. The topological polar surface area (TPSA) is 110 Å². The Morgan fingerprint density at radius 2 is 2.22 bits per heavy atom. The molecular weight excluding hydrogens is 296 g/mol. The van der Waals surface area contributed by atoms with Crippen molar-refractivity contribution in [2.75, 3.05) is 13.1 Å². The number of carbonyl (C=O) groups is 2. The van der Waals surface area contributed by atoms with Crippen molar-refractivity contribution >= 4 is 11.8 Å². The molecular formula is C15H20N6O2. The normalized spacial score (nSPS) is 21.4. The molecule has 122 valence electrons. The van der Waals surface area contributed by atoms with Crippen LogP contribution in [0.2, 0.25) is 0 Å². The van der Waals surface area contributed by atoms with Gasteiger partial charge in [-0.3, -0.25) is 19.4 Å². The van der Waals surface area contributed by atoms with Crippen LogP contribution in [0.1, 0.15) is 46.3 Å². The van der Waals surface area contributed by atoms with Gasteiger partial charge in [-0.25, -0.2) is 0 Å². The van der Waals surface area contributed by atoms with Crippen molar-refractivity contribution in [1.29, 1.82) is 0 Å². The molecule has 0 radical (unpaired) electrons. The summed E-state index contributed by atoms with van der Waals surface area (Å²) in [5, 5.41) is 11.0. The number of nitrogens with zero attached hydrogens (tertiary/aromatic N) is 4. The molecule has 8 nitrogen and oxygen atoms in total. The third-order valence-corrected chi connectivity index (χ3v) is 4.42. The molecule has 3 N–H and O–H groups in total. The predicted molar refractivity (Wildman–Crippen MR) is 82.8 cm³/mol. The lowest BCUT2D eigenvalue weighted by Gasteiger charge is -2.40. The number of amides is 2. The summed E-state index contributed by atoms with van der Waals surface area (Å²) in [7, 11) is 1.78. The molecule has 0 unspecified atom stereocenters. The molecule has 2 amide bonds. The van der Waals surface area contributed by atoms with E-state index in [2.05, 4.69) is 15.3 Å². The Hall–Kier alpha value is -2.64. The first kappa shape index (κ1) is 15.3. The van der Waals surface area contributed by atoms with Crippen molar-refractivity contribution in [1.82, 2.24) is 24.9 Å². The minimum atomic E-state index is -0.511. The van der Waals surface area contributed by atoms with E-state index in [-0.39, 0.29) is 11.3 Å². The van der Waals surface area contributed by atoms with Crippen LogP contribution < -0.4 is 5.73 Å². The molecule has 8 heteroatoms. The number of nitrogens with two attached hydrogens (primary N) is 1. The molecule has 2 aromatic rings. The highest BCUT2D eigenvalue weighted by atomic mass is 16.2. The fraction of sp³-hybridized carbons (Fsp3) is 0.467. The molecule has 0 spiro atoms. The molecule has 1 saturated heterocycles. The fourth-order valence-corrected chi connectivity index (χ4v) is 3.24. The van der Waals surface area contributed by atoms with Crippen LogP contribution in [-0.4, -0.2) is 49.8 Å². The summed E-state index contributed by atoms with van der Waals surface area (Å²) >= 11 is 0. The first-order valence-electron chi connectivity index (χ1n) is 7.53. The van der Waals surface area contributed by atoms with E-state index >= 15 is 0 Å². The van der Waals surface area contributed by atoms with Gasteiger partial charge in [-0.05, 0) is 18.9 Å². The first-order chi connectivity index (χ1) is 10.9. The molecule has 1 atom stereocenters. The highest BCUT2D eigenvalue weighted by Gasteiger charge is 2.38. The van der Waals surface area contributed by atoms with Crippen LogP contribution in [0.3, 0.4) is 0 Å². The molecule has 1 fully saturated rings. The number of carbonyl (C=O) groups excluding carboxylic acids is 2. The number of H-pyrrole nitrogens is 1. The first-order valence-corrected chi connectivity index (χ1v) is 7.53. The van der Waals surface area contributed by atoms with Gasteiger partial charge in [0.05, 0.1) is 17.5 Å². The van der Waals surface area contributed by atoms with E-state index in [9.17, 15) is 9.59 Å². The molecule has 2 aromatic heterocycles. The molecule has 1 aliphatic heterocycles. The Balaban J connectivity index is 1.86. The number of aromatic nitrogens is 4. The van der Waals surface area contributed by atoms with Crippen molar-refractivity contribution in [3.05, 3.63) is 35.4 Å². The van der Waals surface area contributed by atoms with E-state index in [0.717, 1.165) is 12.8 Å². The maximum atomic E-state index is 12.6. The lowest BCUT2D eigenvalue weighted by molar-refractivity contribution is 0.0640. The lowest BCUT2D eigenvalue weighted by atomic mass is 9.77. The van der Waals surface area contributed by atoms with Gasteiger partial charge in [-0.2, -0.15) is 10.2 Å². The second-order valence-corrected chi connectivity index (χ2v) is 6.29. The van der Waals surface area contributed by atoms with Gasteiger partial charge in [0.2, 0.25) is 0 Å². The van der Waals surface area contributed by atoms with Gasteiger partial charge in [0.1, 0.15) is 5.69 Å². The summed E-state index contributed by atoms with van der Waals surface area (Å²) in [5.74, 6) is -0.611. The average Bonchev–Trinajstić information content (AvgIpc) is 3.15. The molecule has 0 aromatic carbocycles. The third-order valence-electron chi connectivity index (χ3n) is 4.42. The maximum Gasteiger partial charge on any atom is 0.274 e. The molecule has 0 saturated carbocycles. The van der Waals surface area contributed by atoms with Crippen molar-refractivity contribution < 1.29 is 9.59 Å². The standard InChI is InChI=1S/C15H20N6O2/c1-15(12-10(13(16)22)8-17-18-12)5-3-6-21(9-15)14(23)11-4-7-20(2)19-11/h4,7-8H,3,5-6,9H2,1-2H3,(H2,16,22)(H,17,18)/t15-/m0/s1. The van der Waals surface area contributed by atoms with E-state index in [1.165, 1.54) is 6.20 Å². The number of hydrogen-bond acceptors (Lipinski definition) is 4. The number of aryl methyl sites for hydroxylation is 1. The smallest absolute Gasteiger partial charge is 0.274 e. The van der Waals surface area contributed by atoms with Gasteiger partial charge in [0.25, 0.3) is 11.8 Å². The van der Waals surface area contributed by atoms with Crippen LogP contribution in [0.25, 0.3) is 0 Å². The van der Waals surface area contributed by atoms with Crippen molar-refractivity contribution in [3.63, 3.8) is 0 Å². The average molecular weight is 316 g/mol. The molecule has 0 aliphatic carbocycles. The predicted octanol–water partition coefficient (Wildman–Crippen LogP) is 0.436. The van der Waals surface area contributed by atoms with E-state index < -0.39 is 5.91 Å². The minimum Gasteiger partial charge on any atom is -0.365 e. The summed E-state index contributed by atoms with van der Waals surface area (Å²) in [6.45, 7) is 3.18. The molecule has 23 heavy (non-hydrogen) atoms. The number of piperidine rings is 1. The second-order valence-electron chi connectivity index (χ2n) is 6.29. The van der Waals surface area contributed by atoms with Crippen LogP contribution >= 0.6 is 0 Å². The summed E-state index contributed by atoms with van der Waals surface area (Å²) in [6, 6.07) is 1.71. The summed E-state index contributed by atoms with van der Waals surface area (Å²) in [4.78, 5) is 26.0. The van der Waals surface area contributed by atoms with Gasteiger partial charge in [0, 0.05) is 31.7 Å². The number of nitrogens with one attached hydrogen (secondary N) is 1. The quantitative estimate of drug-likeness (QED) is 0.856. The number of rotatable bonds is 3. The number of likely N-dealkylation sites (tertiary alicyclic amines) is 1. The monoisotopic (exact) mass is 316 g/mol. The molecule has 3 rings (SSSR count). The maximum absolute atomic E-state index is 12.6. The zero-order valence-corrected chi connectivity index (χ0v) is 13.2. The van der Waals surface area contributed by atoms with E-state index in [4.69, 9.17) is 5.73 Å². The van der Waals surface area contributed by atoms with Crippen molar-refractivity contribution in [2.45, 2.75) is 25.2 Å². The van der Waals surface area contributed by atoms with E-state index in [0.29, 0.717) is 30.0 Å². The Bertz CT molecular complexity index is 749. The largest absolute Gasteiger partial charge is 0.365 e. The molecule has 0 bridgehead atoms. The lowest BCUT2D eigenvalue weighted by Crippen LogP contribution is -2.48. The summed E-state index contributed by atoms with van der Waals surface area (Å²) in [5.41, 5.74) is 6.55. The van der Waals surface area contributed by atoms with Crippen LogP contribution in [0, 0.1) is 0 Å². The van der Waals surface area contributed by atoms with Gasteiger partial charge in [-0.15, -0.1) is 0 Å². The summed E-state index contributed by atoms with van der Waals surface area (Å²) in [6.07, 6.45) is 4.88. The van der Waals surface area contributed by atoms with Gasteiger partial charge in [-0.1, -0.05) is 6.92 Å². The zero-order chi connectivity index (χ0) is 16.6. The molecule has 3 heterocycles. The van der Waals surface area contributed by atoms with Crippen LogP contribution in [-0.2, 0) is 12.5 Å². The van der Waals surface area contributed by atoms with E-state index in [1.54, 1.807) is 28.9 Å². The fourth-order valence-electron chi connectivity index (χ4n) is 3.24. The summed E-state index contributed by atoms with van der Waals surface area (Å²) < 4.78 is 1.61.